The molecule has 9 heteroatoms. The molecule has 166 valence electrons. The number of benzene rings is 1. The first-order valence-corrected chi connectivity index (χ1v) is 12.1. The second kappa shape index (κ2) is 8.96. The van der Waals surface area contributed by atoms with Crippen LogP contribution in [0.2, 0.25) is 0 Å². The summed E-state index contributed by atoms with van der Waals surface area (Å²) in [6, 6.07) is 14.5. The number of aromatic nitrogens is 2. The lowest BCUT2D eigenvalue weighted by atomic mass is 10.1. The lowest BCUT2D eigenvalue weighted by Gasteiger charge is -2.32. The van der Waals surface area contributed by atoms with Crippen LogP contribution in [0.15, 0.2) is 76.7 Å². The second-order valence-corrected chi connectivity index (χ2v) is 9.68. The standard InChI is InChI=1S/C23H23N3O5S/c1-32(29,30)20-7-5-17(6-8-20)26-15-11-19(16-22(26)27)31-18-9-13-25(14-10-18)23(28)21-4-2-3-12-24-21/h2-8,11-12,15-16,18H,9-10,13-14H2,1H3. The summed E-state index contributed by atoms with van der Waals surface area (Å²) < 4.78 is 30.6. The summed E-state index contributed by atoms with van der Waals surface area (Å²) in [5.41, 5.74) is 0.715. The molecule has 0 bridgehead atoms. The van der Waals surface area contributed by atoms with Crippen molar-refractivity contribution in [1.29, 1.82) is 0 Å². The van der Waals surface area contributed by atoms with E-state index in [1.807, 2.05) is 0 Å². The number of amides is 1. The van der Waals surface area contributed by atoms with Crippen LogP contribution in [0.25, 0.3) is 5.69 Å². The predicted octanol–water partition coefficient (Wildman–Crippen LogP) is 2.32. The maximum Gasteiger partial charge on any atom is 0.272 e. The van der Waals surface area contributed by atoms with Gasteiger partial charge in [0.1, 0.15) is 17.5 Å². The van der Waals surface area contributed by atoms with Crippen molar-refractivity contribution in [1.82, 2.24) is 14.5 Å². The van der Waals surface area contributed by atoms with Gasteiger partial charge in [-0.3, -0.25) is 19.1 Å². The van der Waals surface area contributed by atoms with Gasteiger partial charge in [-0.15, -0.1) is 0 Å². The summed E-state index contributed by atoms with van der Waals surface area (Å²) in [6.45, 7) is 1.12. The van der Waals surface area contributed by atoms with Crippen LogP contribution in [0.5, 0.6) is 5.75 Å². The first kappa shape index (κ1) is 21.8. The normalized spacial score (nSPS) is 14.8. The molecule has 8 nitrogen and oxygen atoms in total. The van der Waals surface area contributed by atoms with Crippen molar-refractivity contribution in [3.05, 3.63) is 83.0 Å². The Bertz CT molecular complexity index is 1260. The maximum absolute atomic E-state index is 12.6. The van der Waals surface area contributed by atoms with E-state index in [2.05, 4.69) is 4.98 Å². The van der Waals surface area contributed by atoms with E-state index in [0.29, 0.717) is 43.1 Å². The van der Waals surface area contributed by atoms with Gasteiger partial charge in [0.15, 0.2) is 9.84 Å². The molecule has 2 aromatic heterocycles. The number of ether oxygens (including phenoxy) is 1. The van der Waals surface area contributed by atoms with Crippen molar-refractivity contribution in [2.75, 3.05) is 19.3 Å². The van der Waals surface area contributed by atoms with Crippen LogP contribution in [0.4, 0.5) is 0 Å². The molecule has 0 unspecified atom stereocenters. The molecule has 0 aliphatic carbocycles. The average Bonchev–Trinajstić information content (AvgIpc) is 2.79. The smallest absolute Gasteiger partial charge is 0.272 e. The van der Waals surface area contributed by atoms with Gasteiger partial charge in [-0.1, -0.05) is 6.07 Å². The third-order valence-corrected chi connectivity index (χ3v) is 6.48. The largest absolute Gasteiger partial charge is 0.490 e. The fourth-order valence-electron chi connectivity index (χ4n) is 3.62. The number of hydrogen-bond donors (Lipinski definition) is 0. The monoisotopic (exact) mass is 453 g/mol. The molecule has 0 saturated carbocycles. The van der Waals surface area contributed by atoms with Gasteiger partial charge in [0, 0.05) is 56.3 Å². The number of nitrogens with zero attached hydrogens (tertiary/aromatic N) is 3. The molecular weight excluding hydrogens is 430 g/mol. The third kappa shape index (κ3) is 4.88. The first-order chi connectivity index (χ1) is 15.3. The van der Waals surface area contributed by atoms with Crippen LogP contribution >= 0.6 is 0 Å². The Morgan fingerprint density at radius 1 is 1.06 bits per heavy atom. The van der Waals surface area contributed by atoms with Crippen LogP contribution in [0.3, 0.4) is 0 Å². The van der Waals surface area contributed by atoms with Crippen LogP contribution in [0.1, 0.15) is 23.3 Å². The SMILES string of the molecule is CS(=O)(=O)c1ccc(-n2ccc(OC3CCN(C(=O)c4ccccn4)CC3)cc2=O)cc1. The summed E-state index contributed by atoms with van der Waals surface area (Å²) in [5.74, 6) is 0.377. The highest BCUT2D eigenvalue weighted by Gasteiger charge is 2.25. The van der Waals surface area contributed by atoms with E-state index in [4.69, 9.17) is 4.74 Å². The van der Waals surface area contributed by atoms with Gasteiger partial charge < -0.3 is 9.64 Å². The van der Waals surface area contributed by atoms with Crippen molar-refractivity contribution < 1.29 is 17.9 Å². The zero-order valence-electron chi connectivity index (χ0n) is 17.5. The number of sulfone groups is 1. The van der Waals surface area contributed by atoms with E-state index in [1.165, 1.54) is 22.8 Å². The summed E-state index contributed by atoms with van der Waals surface area (Å²) in [6.07, 6.45) is 5.58. The Morgan fingerprint density at radius 2 is 1.78 bits per heavy atom. The minimum absolute atomic E-state index is 0.0893. The van der Waals surface area contributed by atoms with Crippen molar-refractivity contribution in [2.24, 2.45) is 0 Å². The Hall–Kier alpha value is -3.46. The van der Waals surface area contributed by atoms with Crippen LogP contribution in [-0.4, -0.2) is 54.2 Å². The average molecular weight is 454 g/mol. The summed E-state index contributed by atoms with van der Waals surface area (Å²) in [5, 5.41) is 0. The topological polar surface area (TPSA) is 98.6 Å². The summed E-state index contributed by atoms with van der Waals surface area (Å²) in [4.78, 5) is 31.1. The maximum atomic E-state index is 12.6. The molecule has 1 aromatic carbocycles. The van der Waals surface area contributed by atoms with Crippen LogP contribution in [-0.2, 0) is 9.84 Å². The lowest BCUT2D eigenvalue weighted by molar-refractivity contribution is 0.0590. The molecule has 3 aromatic rings. The number of carbonyl (C=O) groups excluding carboxylic acids is 1. The molecule has 0 N–H and O–H groups in total. The molecule has 1 fully saturated rings. The van der Waals surface area contributed by atoms with Gasteiger partial charge in [0.05, 0.1) is 4.90 Å². The fraction of sp³-hybridized carbons (Fsp3) is 0.261. The van der Waals surface area contributed by atoms with Crippen molar-refractivity contribution >= 4 is 15.7 Å². The van der Waals surface area contributed by atoms with Crippen LogP contribution < -0.4 is 10.3 Å². The molecule has 0 spiro atoms. The summed E-state index contributed by atoms with van der Waals surface area (Å²) >= 11 is 0. The van der Waals surface area contributed by atoms with Gasteiger partial charge in [0.2, 0.25) is 0 Å². The number of rotatable bonds is 5. The first-order valence-electron chi connectivity index (χ1n) is 10.2. The molecular formula is C23H23N3O5S. The van der Waals surface area contributed by atoms with E-state index in [1.54, 1.807) is 53.7 Å². The molecule has 32 heavy (non-hydrogen) atoms. The Balaban J connectivity index is 1.38. The van der Waals surface area contributed by atoms with Crippen molar-refractivity contribution in [3.8, 4) is 11.4 Å². The third-order valence-electron chi connectivity index (χ3n) is 5.35. The second-order valence-electron chi connectivity index (χ2n) is 7.66. The van der Waals surface area contributed by atoms with E-state index in [-0.39, 0.29) is 22.5 Å². The number of pyridine rings is 2. The summed E-state index contributed by atoms with van der Waals surface area (Å²) in [7, 11) is -3.30. The molecule has 4 rings (SSSR count). The lowest BCUT2D eigenvalue weighted by Crippen LogP contribution is -2.42. The predicted molar refractivity (Wildman–Crippen MR) is 119 cm³/mol. The molecule has 0 radical (unpaired) electrons. The molecule has 1 amide bonds. The van der Waals surface area contributed by atoms with Gasteiger partial charge in [-0.25, -0.2) is 8.42 Å². The van der Waals surface area contributed by atoms with Gasteiger partial charge in [-0.2, -0.15) is 0 Å². The number of hydrogen-bond acceptors (Lipinski definition) is 6. The molecule has 1 aliphatic rings. The Kier molecular flexibility index (Phi) is 6.09. The molecule has 1 aliphatic heterocycles. The Labute approximate surface area is 186 Å². The van der Waals surface area contributed by atoms with E-state index in [0.717, 1.165) is 6.26 Å². The fourth-order valence-corrected chi connectivity index (χ4v) is 4.25. The molecule has 0 atom stereocenters. The highest BCUT2D eigenvalue weighted by Crippen LogP contribution is 2.20. The molecule has 1 saturated heterocycles. The van der Waals surface area contributed by atoms with E-state index < -0.39 is 9.84 Å². The Morgan fingerprint density at radius 3 is 2.38 bits per heavy atom. The van der Waals surface area contributed by atoms with E-state index >= 15 is 0 Å². The highest BCUT2D eigenvalue weighted by atomic mass is 32.2. The highest BCUT2D eigenvalue weighted by molar-refractivity contribution is 7.90. The van der Waals surface area contributed by atoms with Gasteiger partial charge in [-0.05, 0) is 42.5 Å². The minimum Gasteiger partial charge on any atom is -0.490 e. The van der Waals surface area contributed by atoms with Crippen molar-refractivity contribution in [2.45, 2.75) is 23.8 Å². The van der Waals surface area contributed by atoms with Gasteiger partial charge >= 0.3 is 0 Å². The number of piperidine rings is 1. The quantitative estimate of drug-likeness (QED) is 0.588. The van der Waals surface area contributed by atoms with Gasteiger partial charge in [0.25, 0.3) is 11.5 Å². The zero-order valence-corrected chi connectivity index (χ0v) is 18.4. The molecule has 3 heterocycles. The number of carbonyl (C=O) groups is 1. The zero-order chi connectivity index (χ0) is 22.7. The van der Waals surface area contributed by atoms with Crippen LogP contribution in [0, 0.1) is 0 Å². The van der Waals surface area contributed by atoms with E-state index in [9.17, 15) is 18.0 Å². The minimum atomic E-state index is -3.30. The number of likely N-dealkylation sites (tertiary alicyclic amines) is 1. The van der Waals surface area contributed by atoms with Crippen molar-refractivity contribution in [3.63, 3.8) is 0 Å².